The first-order chi connectivity index (χ1) is 12.2. The third-order valence-electron chi connectivity index (χ3n) is 3.89. The van der Waals surface area contributed by atoms with Crippen molar-refractivity contribution < 1.29 is 18.6 Å². The molecule has 0 spiro atoms. The Labute approximate surface area is 145 Å². The molecule has 3 aromatic rings. The molecule has 0 radical (unpaired) electrons. The lowest BCUT2D eigenvalue weighted by atomic mass is 10.0. The lowest BCUT2D eigenvalue weighted by Crippen LogP contribution is -1.96. The quantitative estimate of drug-likeness (QED) is 0.682. The molecule has 4 nitrogen and oxygen atoms in total. The Morgan fingerprint density at radius 3 is 1.92 bits per heavy atom. The Morgan fingerprint density at radius 1 is 0.720 bits per heavy atom. The van der Waals surface area contributed by atoms with E-state index < -0.39 is 0 Å². The number of nitrogens with zero attached hydrogens (tertiary/aromatic N) is 1. The molecule has 2 aromatic carbocycles. The molecule has 0 aliphatic rings. The van der Waals surface area contributed by atoms with Gasteiger partial charge >= 0.3 is 0 Å². The zero-order chi connectivity index (χ0) is 17.8. The van der Waals surface area contributed by atoms with E-state index >= 15 is 0 Å². The van der Waals surface area contributed by atoms with Gasteiger partial charge in [-0.3, -0.25) is 4.98 Å². The number of ether oxygens (including phenoxy) is 3. The number of halogens is 1. The van der Waals surface area contributed by atoms with E-state index in [0.29, 0.717) is 17.2 Å². The summed E-state index contributed by atoms with van der Waals surface area (Å²) in [6, 6.07) is 12.1. The maximum Gasteiger partial charge on any atom is 0.203 e. The molecule has 0 N–H and O–H groups in total. The van der Waals surface area contributed by atoms with Crippen LogP contribution in [0.15, 0.2) is 54.9 Å². The van der Waals surface area contributed by atoms with Gasteiger partial charge in [0.2, 0.25) is 5.75 Å². The fraction of sp³-hybridized carbons (Fsp3) is 0.150. The van der Waals surface area contributed by atoms with Crippen molar-refractivity contribution in [1.29, 1.82) is 0 Å². The summed E-state index contributed by atoms with van der Waals surface area (Å²) in [4.78, 5) is 4.29. The normalized spacial score (nSPS) is 10.4. The number of benzene rings is 2. The van der Waals surface area contributed by atoms with Crippen molar-refractivity contribution in [2.75, 3.05) is 21.3 Å². The molecule has 5 heteroatoms. The molecule has 0 saturated heterocycles. The number of hydrogen-bond acceptors (Lipinski definition) is 4. The maximum absolute atomic E-state index is 13.5. The minimum Gasteiger partial charge on any atom is -0.493 e. The summed E-state index contributed by atoms with van der Waals surface area (Å²) in [5, 5.41) is 0. The highest BCUT2D eigenvalue weighted by Crippen LogP contribution is 2.41. The van der Waals surface area contributed by atoms with Gasteiger partial charge in [0.15, 0.2) is 11.5 Å². The predicted octanol–water partition coefficient (Wildman–Crippen LogP) is 4.58. The molecule has 0 atom stereocenters. The average molecular weight is 339 g/mol. The summed E-state index contributed by atoms with van der Waals surface area (Å²) in [5.41, 5.74) is 3.31. The molecule has 0 fully saturated rings. The van der Waals surface area contributed by atoms with Crippen LogP contribution in [0, 0.1) is 5.82 Å². The van der Waals surface area contributed by atoms with Gasteiger partial charge in [0.05, 0.1) is 21.3 Å². The topological polar surface area (TPSA) is 40.6 Å². The minimum atomic E-state index is -0.282. The highest BCUT2D eigenvalue weighted by molar-refractivity contribution is 5.75. The Morgan fingerprint density at radius 2 is 1.36 bits per heavy atom. The Bertz CT molecular complexity index is 871. The molecule has 0 bridgehead atoms. The Kier molecular flexibility index (Phi) is 4.84. The van der Waals surface area contributed by atoms with Crippen LogP contribution in [0.1, 0.15) is 0 Å². The summed E-state index contributed by atoms with van der Waals surface area (Å²) in [7, 11) is 4.71. The number of methoxy groups -OCH3 is 3. The summed E-state index contributed by atoms with van der Waals surface area (Å²) < 4.78 is 29.6. The van der Waals surface area contributed by atoms with Gasteiger partial charge in [0.25, 0.3) is 0 Å². The highest BCUT2D eigenvalue weighted by atomic mass is 19.1. The van der Waals surface area contributed by atoms with E-state index in [1.807, 2.05) is 24.3 Å². The molecular formula is C20H18FNO3. The second-order valence-electron chi connectivity index (χ2n) is 5.39. The summed E-state index contributed by atoms with van der Waals surface area (Å²) in [6.07, 6.45) is 3.44. The van der Waals surface area contributed by atoms with Gasteiger partial charge in [-0.2, -0.15) is 0 Å². The van der Waals surface area contributed by atoms with Crippen molar-refractivity contribution in [3.63, 3.8) is 0 Å². The zero-order valence-corrected chi connectivity index (χ0v) is 14.2. The van der Waals surface area contributed by atoms with Crippen LogP contribution in [0.4, 0.5) is 4.39 Å². The van der Waals surface area contributed by atoms with Crippen LogP contribution in [-0.4, -0.2) is 26.3 Å². The third-order valence-corrected chi connectivity index (χ3v) is 3.89. The summed E-state index contributed by atoms with van der Waals surface area (Å²) >= 11 is 0. The lowest BCUT2D eigenvalue weighted by Gasteiger charge is -2.14. The zero-order valence-electron chi connectivity index (χ0n) is 14.2. The van der Waals surface area contributed by atoms with Gasteiger partial charge < -0.3 is 14.2 Å². The van der Waals surface area contributed by atoms with Gasteiger partial charge in [-0.15, -0.1) is 0 Å². The smallest absolute Gasteiger partial charge is 0.203 e. The molecule has 3 rings (SSSR count). The molecule has 0 aliphatic heterocycles. The van der Waals surface area contributed by atoms with E-state index in [1.54, 1.807) is 39.8 Å². The van der Waals surface area contributed by atoms with Crippen molar-refractivity contribution >= 4 is 0 Å². The number of rotatable bonds is 5. The third kappa shape index (κ3) is 3.40. The van der Waals surface area contributed by atoms with Crippen LogP contribution < -0.4 is 14.2 Å². The van der Waals surface area contributed by atoms with Crippen molar-refractivity contribution in [3.05, 3.63) is 60.7 Å². The van der Waals surface area contributed by atoms with E-state index in [-0.39, 0.29) is 5.82 Å². The Balaban J connectivity index is 2.10. The number of aromatic nitrogens is 1. The SMILES string of the molecule is COc1cc(-c2cncc(-c3cccc(F)c3)c2)cc(OC)c1OC. The largest absolute Gasteiger partial charge is 0.493 e. The molecular weight excluding hydrogens is 321 g/mol. The van der Waals surface area contributed by atoms with Crippen molar-refractivity contribution in [2.45, 2.75) is 0 Å². The maximum atomic E-state index is 13.5. The van der Waals surface area contributed by atoms with E-state index in [0.717, 1.165) is 22.3 Å². The summed E-state index contributed by atoms with van der Waals surface area (Å²) in [5.74, 6) is 1.37. The average Bonchev–Trinajstić information content (AvgIpc) is 2.66. The van der Waals surface area contributed by atoms with E-state index in [1.165, 1.54) is 12.1 Å². The molecule has 0 saturated carbocycles. The number of hydrogen-bond donors (Lipinski definition) is 0. The van der Waals surface area contributed by atoms with Crippen LogP contribution >= 0.6 is 0 Å². The number of pyridine rings is 1. The van der Waals surface area contributed by atoms with Gasteiger partial charge in [0, 0.05) is 23.5 Å². The summed E-state index contributed by atoms with van der Waals surface area (Å²) in [6.45, 7) is 0. The van der Waals surface area contributed by atoms with Gasteiger partial charge in [-0.25, -0.2) is 4.39 Å². The standard InChI is InChI=1S/C20H18FNO3/c1-23-18-9-14(10-19(24-2)20(18)25-3)16-7-15(11-22-12-16)13-5-4-6-17(21)8-13/h4-12H,1-3H3. The molecule has 1 heterocycles. The minimum absolute atomic E-state index is 0.282. The monoisotopic (exact) mass is 339 g/mol. The van der Waals surface area contributed by atoms with E-state index in [4.69, 9.17) is 14.2 Å². The van der Waals surface area contributed by atoms with Crippen LogP contribution in [-0.2, 0) is 0 Å². The molecule has 1 aromatic heterocycles. The predicted molar refractivity (Wildman–Crippen MR) is 94.7 cm³/mol. The van der Waals surface area contributed by atoms with Gasteiger partial charge in [0.1, 0.15) is 5.82 Å². The van der Waals surface area contributed by atoms with Crippen LogP contribution in [0.5, 0.6) is 17.2 Å². The van der Waals surface area contributed by atoms with Crippen LogP contribution in [0.2, 0.25) is 0 Å². The molecule has 0 unspecified atom stereocenters. The van der Waals surface area contributed by atoms with Crippen LogP contribution in [0.3, 0.4) is 0 Å². The molecule has 0 aliphatic carbocycles. The van der Waals surface area contributed by atoms with Crippen molar-refractivity contribution in [1.82, 2.24) is 4.98 Å². The molecule has 128 valence electrons. The fourth-order valence-corrected chi connectivity index (χ4v) is 2.67. The van der Waals surface area contributed by atoms with Crippen molar-refractivity contribution in [2.24, 2.45) is 0 Å². The molecule has 0 amide bonds. The van der Waals surface area contributed by atoms with E-state index in [2.05, 4.69) is 4.98 Å². The first-order valence-electron chi connectivity index (χ1n) is 7.67. The first kappa shape index (κ1) is 16.8. The first-order valence-corrected chi connectivity index (χ1v) is 7.67. The molecule has 25 heavy (non-hydrogen) atoms. The van der Waals surface area contributed by atoms with Crippen molar-refractivity contribution in [3.8, 4) is 39.5 Å². The fourth-order valence-electron chi connectivity index (χ4n) is 2.67. The lowest BCUT2D eigenvalue weighted by molar-refractivity contribution is 0.324. The Hall–Kier alpha value is -3.08. The van der Waals surface area contributed by atoms with Gasteiger partial charge in [-0.05, 0) is 41.5 Å². The highest BCUT2D eigenvalue weighted by Gasteiger charge is 2.14. The second kappa shape index (κ2) is 7.21. The second-order valence-corrected chi connectivity index (χ2v) is 5.39. The van der Waals surface area contributed by atoms with E-state index in [9.17, 15) is 4.39 Å². The van der Waals surface area contributed by atoms with Gasteiger partial charge in [-0.1, -0.05) is 12.1 Å². The van der Waals surface area contributed by atoms with Crippen LogP contribution in [0.25, 0.3) is 22.3 Å².